The van der Waals surface area contributed by atoms with Gasteiger partial charge in [-0.1, -0.05) is 13.0 Å². The SMILES string of the molecule is CCC1CN2CCCC2CN1c1cc(C)ccc1Br. The Kier molecular flexibility index (Phi) is 3.86. The number of benzene rings is 1. The molecule has 2 aliphatic rings. The van der Waals surface area contributed by atoms with Gasteiger partial charge in [0, 0.05) is 29.6 Å². The molecule has 0 spiro atoms. The Morgan fingerprint density at radius 1 is 1.32 bits per heavy atom. The Morgan fingerprint density at radius 3 is 2.95 bits per heavy atom. The number of anilines is 1. The largest absolute Gasteiger partial charge is 0.365 e. The van der Waals surface area contributed by atoms with Crippen LogP contribution in [0.1, 0.15) is 31.7 Å². The summed E-state index contributed by atoms with van der Waals surface area (Å²) in [7, 11) is 0. The first kappa shape index (κ1) is 13.4. The van der Waals surface area contributed by atoms with E-state index in [4.69, 9.17) is 0 Å². The molecule has 2 unspecified atom stereocenters. The van der Waals surface area contributed by atoms with Crippen LogP contribution in [0.4, 0.5) is 5.69 Å². The molecule has 1 aromatic carbocycles. The number of nitrogens with zero attached hydrogens (tertiary/aromatic N) is 2. The van der Waals surface area contributed by atoms with Gasteiger partial charge >= 0.3 is 0 Å². The number of halogens is 1. The topological polar surface area (TPSA) is 6.48 Å². The lowest BCUT2D eigenvalue weighted by Gasteiger charge is -2.45. The first-order valence-corrected chi connectivity index (χ1v) is 8.25. The van der Waals surface area contributed by atoms with E-state index >= 15 is 0 Å². The fourth-order valence-electron chi connectivity index (χ4n) is 3.57. The summed E-state index contributed by atoms with van der Waals surface area (Å²) in [6.07, 6.45) is 3.98. The summed E-state index contributed by atoms with van der Waals surface area (Å²) in [6, 6.07) is 8.14. The van der Waals surface area contributed by atoms with Gasteiger partial charge in [-0.3, -0.25) is 4.90 Å². The van der Waals surface area contributed by atoms with Crippen molar-refractivity contribution in [1.82, 2.24) is 4.90 Å². The van der Waals surface area contributed by atoms with Gasteiger partial charge in [0.05, 0.1) is 5.69 Å². The van der Waals surface area contributed by atoms with Gasteiger partial charge in [0.15, 0.2) is 0 Å². The van der Waals surface area contributed by atoms with Crippen LogP contribution in [0.5, 0.6) is 0 Å². The quantitative estimate of drug-likeness (QED) is 0.816. The van der Waals surface area contributed by atoms with Gasteiger partial charge in [0.25, 0.3) is 0 Å². The molecular formula is C16H23BrN2. The first-order chi connectivity index (χ1) is 9.19. The van der Waals surface area contributed by atoms with Crippen molar-refractivity contribution >= 4 is 21.6 Å². The predicted octanol–water partition coefficient (Wildman–Crippen LogP) is 3.82. The van der Waals surface area contributed by atoms with Crippen LogP contribution >= 0.6 is 15.9 Å². The van der Waals surface area contributed by atoms with Crippen molar-refractivity contribution in [3.63, 3.8) is 0 Å². The maximum Gasteiger partial charge on any atom is 0.0516 e. The molecule has 2 atom stereocenters. The summed E-state index contributed by atoms with van der Waals surface area (Å²) in [6.45, 7) is 8.24. The van der Waals surface area contributed by atoms with Crippen LogP contribution in [-0.4, -0.2) is 36.6 Å². The summed E-state index contributed by atoms with van der Waals surface area (Å²) >= 11 is 3.74. The monoisotopic (exact) mass is 322 g/mol. The van der Waals surface area contributed by atoms with E-state index in [2.05, 4.69) is 57.8 Å². The highest BCUT2D eigenvalue weighted by atomic mass is 79.9. The molecule has 3 rings (SSSR count). The Labute approximate surface area is 124 Å². The zero-order valence-electron chi connectivity index (χ0n) is 11.9. The van der Waals surface area contributed by atoms with Gasteiger partial charge in [0.1, 0.15) is 0 Å². The van der Waals surface area contributed by atoms with Crippen molar-refractivity contribution in [3.8, 4) is 0 Å². The van der Waals surface area contributed by atoms with Gasteiger partial charge in [-0.05, 0) is 66.4 Å². The van der Waals surface area contributed by atoms with Crippen LogP contribution in [-0.2, 0) is 0 Å². The van der Waals surface area contributed by atoms with E-state index in [9.17, 15) is 0 Å². The summed E-state index contributed by atoms with van der Waals surface area (Å²) in [5.41, 5.74) is 2.74. The van der Waals surface area contributed by atoms with Gasteiger partial charge in [-0.25, -0.2) is 0 Å². The standard InChI is InChI=1S/C16H23BrN2/c1-3-13-10-18-8-4-5-14(18)11-19(13)16-9-12(2)6-7-15(16)17/h6-7,9,13-14H,3-5,8,10-11H2,1-2H3. The molecule has 2 fully saturated rings. The third-order valence-electron chi connectivity index (χ3n) is 4.67. The average molecular weight is 323 g/mol. The maximum absolute atomic E-state index is 3.74. The van der Waals surface area contributed by atoms with Crippen molar-refractivity contribution in [2.75, 3.05) is 24.5 Å². The highest BCUT2D eigenvalue weighted by molar-refractivity contribution is 9.10. The zero-order valence-corrected chi connectivity index (χ0v) is 13.5. The average Bonchev–Trinajstić information content (AvgIpc) is 2.87. The van der Waals surface area contributed by atoms with Crippen LogP contribution in [0.2, 0.25) is 0 Å². The molecule has 1 aromatic rings. The van der Waals surface area contributed by atoms with Gasteiger partial charge in [-0.2, -0.15) is 0 Å². The van der Waals surface area contributed by atoms with Gasteiger partial charge in [-0.15, -0.1) is 0 Å². The Bertz CT molecular complexity index is 460. The summed E-state index contributed by atoms with van der Waals surface area (Å²) in [4.78, 5) is 5.35. The van der Waals surface area contributed by atoms with Crippen LogP contribution in [0.15, 0.2) is 22.7 Å². The van der Waals surface area contributed by atoms with E-state index in [1.807, 2.05) is 0 Å². The molecule has 19 heavy (non-hydrogen) atoms. The summed E-state index contributed by atoms with van der Waals surface area (Å²) < 4.78 is 1.24. The number of hydrogen-bond acceptors (Lipinski definition) is 2. The van der Waals surface area contributed by atoms with Gasteiger partial charge < -0.3 is 4.90 Å². The van der Waals surface area contributed by atoms with Gasteiger partial charge in [0.2, 0.25) is 0 Å². The summed E-state index contributed by atoms with van der Waals surface area (Å²) in [5, 5.41) is 0. The predicted molar refractivity (Wildman–Crippen MR) is 84.9 cm³/mol. The minimum atomic E-state index is 0.660. The molecule has 2 nitrogen and oxygen atoms in total. The second kappa shape index (κ2) is 5.45. The van der Waals surface area contributed by atoms with Crippen molar-refractivity contribution < 1.29 is 0 Å². The Balaban J connectivity index is 1.90. The fraction of sp³-hybridized carbons (Fsp3) is 0.625. The number of fused-ring (bicyclic) bond motifs is 1. The second-order valence-electron chi connectivity index (χ2n) is 5.96. The van der Waals surface area contributed by atoms with E-state index in [1.54, 1.807) is 0 Å². The number of rotatable bonds is 2. The van der Waals surface area contributed by atoms with Crippen LogP contribution in [0, 0.1) is 6.92 Å². The van der Waals surface area contributed by atoms with Crippen molar-refractivity contribution in [3.05, 3.63) is 28.2 Å². The van der Waals surface area contributed by atoms with E-state index < -0.39 is 0 Å². The molecule has 3 heteroatoms. The third kappa shape index (κ3) is 2.55. The molecule has 2 saturated heterocycles. The Morgan fingerprint density at radius 2 is 2.16 bits per heavy atom. The van der Waals surface area contributed by atoms with Crippen LogP contribution in [0.3, 0.4) is 0 Å². The fourth-order valence-corrected chi connectivity index (χ4v) is 4.05. The smallest absolute Gasteiger partial charge is 0.0516 e. The van der Waals surface area contributed by atoms with Crippen LogP contribution in [0.25, 0.3) is 0 Å². The highest BCUT2D eigenvalue weighted by Crippen LogP contribution is 2.34. The highest BCUT2D eigenvalue weighted by Gasteiger charge is 2.36. The van der Waals surface area contributed by atoms with Crippen LogP contribution < -0.4 is 4.90 Å². The minimum absolute atomic E-state index is 0.660. The number of piperazine rings is 1. The van der Waals surface area contributed by atoms with E-state index in [0.717, 1.165) is 6.04 Å². The molecule has 0 saturated carbocycles. The van der Waals surface area contributed by atoms with Crippen molar-refractivity contribution in [1.29, 1.82) is 0 Å². The number of hydrogen-bond donors (Lipinski definition) is 0. The lowest BCUT2D eigenvalue weighted by Crippen LogP contribution is -2.56. The molecule has 0 radical (unpaired) electrons. The molecule has 0 amide bonds. The Hall–Kier alpha value is -0.540. The molecular weight excluding hydrogens is 300 g/mol. The molecule has 2 heterocycles. The van der Waals surface area contributed by atoms with E-state index in [1.165, 1.54) is 54.6 Å². The molecule has 0 bridgehead atoms. The lowest BCUT2D eigenvalue weighted by molar-refractivity contribution is 0.194. The molecule has 0 aliphatic carbocycles. The molecule has 104 valence electrons. The normalized spacial score (nSPS) is 27.6. The van der Waals surface area contributed by atoms with E-state index in [0.29, 0.717) is 6.04 Å². The molecule has 0 aromatic heterocycles. The maximum atomic E-state index is 3.74. The molecule has 2 aliphatic heterocycles. The zero-order chi connectivity index (χ0) is 13.4. The number of aryl methyl sites for hydroxylation is 1. The first-order valence-electron chi connectivity index (χ1n) is 7.46. The minimum Gasteiger partial charge on any atom is -0.365 e. The summed E-state index contributed by atoms with van der Waals surface area (Å²) in [5.74, 6) is 0. The second-order valence-corrected chi connectivity index (χ2v) is 6.81. The van der Waals surface area contributed by atoms with Crippen molar-refractivity contribution in [2.45, 2.75) is 45.2 Å². The molecule has 0 N–H and O–H groups in total. The lowest BCUT2D eigenvalue weighted by atomic mass is 10.0. The third-order valence-corrected chi connectivity index (χ3v) is 5.35. The van der Waals surface area contributed by atoms with Crippen molar-refractivity contribution in [2.24, 2.45) is 0 Å². The van der Waals surface area contributed by atoms with E-state index in [-0.39, 0.29) is 0 Å².